The van der Waals surface area contributed by atoms with E-state index in [-0.39, 0.29) is 0 Å². The van der Waals surface area contributed by atoms with Gasteiger partial charge in [-0.1, -0.05) is 6.92 Å². The molecule has 1 fully saturated rings. The van der Waals surface area contributed by atoms with E-state index in [0.717, 1.165) is 38.2 Å². The minimum atomic E-state index is 0.360. The zero-order chi connectivity index (χ0) is 12.1. The van der Waals surface area contributed by atoms with Crippen molar-refractivity contribution in [2.45, 2.75) is 45.3 Å². The fourth-order valence-electron chi connectivity index (χ4n) is 2.60. The Kier molecular flexibility index (Phi) is 4.57. The minimum Gasteiger partial charge on any atom is -0.378 e. The summed E-state index contributed by atoms with van der Waals surface area (Å²) in [5.41, 5.74) is 0. The fourth-order valence-corrected chi connectivity index (χ4v) is 2.60. The van der Waals surface area contributed by atoms with Crippen LogP contribution < -0.4 is 5.32 Å². The fraction of sp³-hybridized carbons (Fsp3) is 0.769. The Hall–Kier alpha value is -0.870. The number of nitrogens with one attached hydrogen (secondary N) is 2. The predicted octanol–water partition coefficient (Wildman–Crippen LogP) is 1.75. The summed E-state index contributed by atoms with van der Waals surface area (Å²) < 4.78 is 5.67. The maximum absolute atomic E-state index is 5.67. The van der Waals surface area contributed by atoms with Gasteiger partial charge in [-0.2, -0.15) is 0 Å². The first-order valence-corrected chi connectivity index (χ1v) is 6.64. The van der Waals surface area contributed by atoms with Crippen LogP contribution >= 0.6 is 0 Å². The first-order chi connectivity index (χ1) is 8.31. The summed E-state index contributed by atoms with van der Waals surface area (Å²) in [5, 5.41) is 3.64. The maximum atomic E-state index is 5.67. The molecule has 3 unspecified atom stereocenters. The molecule has 1 aliphatic heterocycles. The van der Waals surface area contributed by atoms with E-state index in [1.54, 1.807) is 0 Å². The first-order valence-electron chi connectivity index (χ1n) is 6.64. The molecule has 4 nitrogen and oxygen atoms in total. The number of hydrogen-bond acceptors (Lipinski definition) is 3. The molecular formula is C13H23N3O. The summed E-state index contributed by atoms with van der Waals surface area (Å²) in [5.74, 6) is 1.67. The highest BCUT2D eigenvalue weighted by molar-refractivity contribution is 4.95. The highest BCUT2D eigenvalue weighted by atomic mass is 16.5. The number of nitrogens with zero attached hydrogens (tertiary/aromatic N) is 1. The molecular weight excluding hydrogens is 214 g/mol. The van der Waals surface area contributed by atoms with Crippen LogP contribution in [0.25, 0.3) is 0 Å². The molecule has 4 heteroatoms. The predicted molar refractivity (Wildman–Crippen MR) is 67.9 cm³/mol. The number of H-pyrrole nitrogens is 1. The molecule has 1 saturated heterocycles. The van der Waals surface area contributed by atoms with Crippen LogP contribution in [0.2, 0.25) is 0 Å². The van der Waals surface area contributed by atoms with Crippen LogP contribution in [0.3, 0.4) is 0 Å². The van der Waals surface area contributed by atoms with E-state index in [4.69, 9.17) is 4.74 Å². The molecule has 0 saturated carbocycles. The third-order valence-corrected chi connectivity index (χ3v) is 3.58. The summed E-state index contributed by atoms with van der Waals surface area (Å²) in [7, 11) is 0. The van der Waals surface area contributed by atoms with Crippen LogP contribution in [-0.2, 0) is 11.2 Å². The molecule has 2 rings (SSSR count). The van der Waals surface area contributed by atoms with Gasteiger partial charge in [-0.25, -0.2) is 4.98 Å². The molecule has 1 aromatic heterocycles. The lowest BCUT2D eigenvalue weighted by molar-refractivity contribution is 0.0952. The van der Waals surface area contributed by atoms with Crippen molar-refractivity contribution in [2.75, 3.05) is 13.2 Å². The summed E-state index contributed by atoms with van der Waals surface area (Å²) in [6.45, 7) is 6.34. The number of imidazole rings is 1. The third kappa shape index (κ3) is 3.30. The van der Waals surface area contributed by atoms with Crippen molar-refractivity contribution in [2.24, 2.45) is 5.92 Å². The number of aromatic amines is 1. The van der Waals surface area contributed by atoms with Gasteiger partial charge in [0.2, 0.25) is 0 Å². The Labute approximate surface area is 103 Å². The van der Waals surface area contributed by atoms with Gasteiger partial charge in [-0.05, 0) is 26.3 Å². The largest absolute Gasteiger partial charge is 0.378 e. The Morgan fingerprint density at radius 1 is 1.65 bits per heavy atom. The van der Waals surface area contributed by atoms with E-state index in [1.165, 1.54) is 0 Å². The Morgan fingerprint density at radius 3 is 3.12 bits per heavy atom. The van der Waals surface area contributed by atoms with Gasteiger partial charge in [0.25, 0.3) is 0 Å². The van der Waals surface area contributed by atoms with Crippen LogP contribution in [0.1, 0.15) is 32.5 Å². The van der Waals surface area contributed by atoms with Gasteiger partial charge in [0.05, 0.1) is 6.10 Å². The molecule has 1 aliphatic rings. The summed E-state index contributed by atoms with van der Waals surface area (Å²) in [6, 6.07) is 0.471. The van der Waals surface area contributed by atoms with Crippen LogP contribution in [0.15, 0.2) is 12.4 Å². The van der Waals surface area contributed by atoms with Crippen molar-refractivity contribution >= 4 is 0 Å². The van der Waals surface area contributed by atoms with E-state index >= 15 is 0 Å². The second-order valence-electron chi connectivity index (χ2n) is 4.83. The summed E-state index contributed by atoms with van der Waals surface area (Å²) >= 11 is 0. The molecule has 17 heavy (non-hydrogen) atoms. The average molecular weight is 237 g/mol. The number of aromatic nitrogens is 2. The number of rotatable bonds is 6. The van der Waals surface area contributed by atoms with Gasteiger partial charge in [0.1, 0.15) is 5.82 Å². The van der Waals surface area contributed by atoms with Crippen LogP contribution in [0.5, 0.6) is 0 Å². The zero-order valence-electron chi connectivity index (χ0n) is 10.8. The Balaban J connectivity index is 1.97. The smallest absolute Gasteiger partial charge is 0.107 e. The SMILES string of the molecule is CCCNC(Cc1ncc[nH]1)C1CCOC1C. The van der Waals surface area contributed by atoms with Gasteiger partial charge in [-0.15, -0.1) is 0 Å². The highest BCUT2D eigenvalue weighted by Gasteiger charge is 2.31. The third-order valence-electron chi connectivity index (χ3n) is 3.58. The topological polar surface area (TPSA) is 49.9 Å². The van der Waals surface area contributed by atoms with Crippen LogP contribution in [0.4, 0.5) is 0 Å². The van der Waals surface area contributed by atoms with Gasteiger partial charge < -0.3 is 15.0 Å². The van der Waals surface area contributed by atoms with E-state index in [1.807, 2.05) is 12.4 Å². The van der Waals surface area contributed by atoms with Crippen molar-refractivity contribution in [3.8, 4) is 0 Å². The van der Waals surface area contributed by atoms with Gasteiger partial charge in [0.15, 0.2) is 0 Å². The van der Waals surface area contributed by atoms with Crippen molar-refractivity contribution < 1.29 is 4.74 Å². The molecule has 0 amide bonds. The van der Waals surface area contributed by atoms with Crippen molar-refractivity contribution in [3.63, 3.8) is 0 Å². The van der Waals surface area contributed by atoms with Crippen molar-refractivity contribution in [3.05, 3.63) is 18.2 Å². The van der Waals surface area contributed by atoms with Crippen LogP contribution in [-0.4, -0.2) is 35.3 Å². The van der Waals surface area contributed by atoms with Gasteiger partial charge in [-0.3, -0.25) is 0 Å². The Bertz CT molecular complexity index is 312. The second kappa shape index (κ2) is 6.17. The van der Waals surface area contributed by atoms with E-state index in [2.05, 4.69) is 29.1 Å². The van der Waals surface area contributed by atoms with E-state index < -0.39 is 0 Å². The van der Waals surface area contributed by atoms with E-state index in [9.17, 15) is 0 Å². The quantitative estimate of drug-likeness (QED) is 0.792. The molecule has 0 radical (unpaired) electrons. The highest BCUT2D eigenvalue weighted by Crippen LogP contribution is 2.25. The lowest BCUT2D eigenvalue weighted by Gasteiger charge is -2.26. The lowest BCUT2D eigenvalue weighted by Crippen LogP contribution is -2.41. The zero-order valence-corrected chi connectivity index (χ0v) is 10.8. The number of ether oxygens (including phenoxy) is 1. The van der Waals surface area contributed by atoms with Crippen molar-refractivity contribution in [1.29, 1.82) is 0 Å². The molecule has 0 aromatic carbocycles. The summed E-state index contributed by atoms with van der Waals surface area (Å²) in [4.78, 5) is 7.51. The second-order valence-corrected chi connectivity index (χ2v) is 4.83. The molecule has 3 atom stereocenters. The normalized spacial score (nSPS) is 26.2. The molecule has 2 heterocycles. The molecule has 0 bridgehead atoms. The maximum Gasteiger partial charge on any atom is 0.107 e. The molecule has 2 N–H and O–H groups in total. The molecule has 0 spiro atoms. The summed E-state index contributed by atoms with van der Waals surface area (Å²) in [6.07, 6.45) is 7.35. The standard InChI is InChI=1S/C13H23N3O/c1-3-5-14-12(9-13-15-6-7-16-13)11-4-8-17-10(11)2/h6-7,10-12,14H,3-5,8-9H2,1-2H3,(H,15,16). The molecule has 0 aliphatic carbocycles. The average Bonchev–Trinajstić information content (AvgIpc) is 2.95. The molecule has 1 aromatic rings. The molecule has 96 valence electrons. The van der Waals surface area contributed by atoms with Gasteiger partial charge in [0, 0.05) is 37.4 Å². The van der Waals surface area contributed by atoms with Gasteiger partial charge >= 0.3 is 0 Å². The lowest BCUT2D eigenvalue weighted by atomic mass is 9.91. The minimum absolute atomic E-state index is 0.360. The van der Waals surface area contributed by atoms with Crippen LogP contribution in [0, 0.1) is 5.92 Å². The van der Waals surface area contributed by atoms with E-state index in [0.29, 0.717) is 18.1 Å². The first kappa shape index (κ1) is 12.6. The number of hydrogen-bond donors (Lipinski definition) is 2. The monoisotopic (exact) mass is 237 g/mol. The van der Waals surface area contributed by atoms with Crippen molar-refractivity contribution in [1.82, 2.24) is 15.3 Å². The Morgan fingerprint density at radius 2 is 2.53 bits per heavy atom.